The summed E-state index contributed by atoms with van der Waals surface area (Å²) in [4.78, 5) is 0. The minimum absolute atomic E-state index is 0.544. The topological polar surface area (TPSA) is 25.8 Å². The Labute approximate surface area is 55.7 Å². The summed E-state index contributed by atoms with van der Waals surface area (Å²) in [6, 6.07) is 0. The van der Waals surface area contributed by atoms with Crippen LogP contribution < -0.4 is 0 Å². The molecule has 2 rings (SSSR count). The molecule has 0 N–H and O–H groups in total. The standard InChI is InChI=1S/C5H5FN2S/c6-5(1-2-5)4-8-7-3-9-4/h3H,1-2H2. The van der Waals surface area contributed by atoms with E-state index in [-0.39, 0.29) is 0 Å². The smallest absolute Gasteiger partial charge is 0.164 e. The molecule has 2 nitrogen and oxygen atoms in total. The highest BCUT2D eigenvalue weighted by Crippen LogP contribution is 2.49. The quantitative estimate of drug-likeness (QED) is 0.596. The molecule has 0 bridgehead atoms. The van der Waals surface area contributed by atoms with E-state index in [4.69, 9.17) is 0 Å². The van der Waals surface area contributed by atoms with Crippen molar-refractivity contribution in [3.63, 3.8) is 0 Å². The molecule has 0 spiro atoms. The summed E-state index contributed by atoms with van der Waals surface area (Å²) in [7, 11) is 0. The highest BCUT2D eigenvalue weighted by molar-refractivity contribution is 7.09. The Kier molecular flexibility index (Phi) is 0.883. The molecule has 4 heteroatoms. The second-order valence-electron chi connectivity index (χ2n) is 2.21. The average Bonchev–Trinajstić information content (AvgIpc) is 2.46. The Balaban J connectivity index is 2.34. The molecule has 48 valence electrons. The molecule has 1 saturated carbocycles. The number of rotatable bonds is 1. The Morgan fingerprint density at radius 1 is 1.67 bits per heavy atom. The predicted molar refractivity (Wildman–Crippen MR) is 31.9 cm³/mol. The van der Waals surface area contributed by atoms with Crippen LogP contribution in [0.1, 0.15) is 17.8 Å². The zero-order chi connectivity index (χ0) is 6.32. The fourth-order valence-corrected chi connectivity index (χ4v) is 1.40. The van der Waals surface area contributed by atoms with Gasteiger partial charge >= 0.3 is 0 Å². The number of aromatic nitrogens is 2. The maximum atomic E-state index is 13.0. The summed E-state index contributed by atoms with van der Waals surface area (Å²) in [6.07, 6.45) is 1.25. The lowest BCUT2D eigenvalue weighted by Crippen LogP contribution is -1.95. The Morgan fingerprint density at radius 2 is 2.44 bits per heavy atom. The molecule has 0 aromatic carbocycles. The van der Waals surface area contributed by atoms with Crippen LogP contribution in [0.4, 0.5) is 4.39 Å². The molecule has 1 heterocycles. The van der Waals surface area contributed by atoms with E-state index in [2.05, 4.69) is 10.2 Å². The summed E-state index contributed by atoms with van der Waals surface area (Å²) in [5.41, 5.74) is 0.482. The fraction of sp³-hybridized carbons (Fsp3) is 0.600. The Morgan fingerprint density at radius 3 is 2.89 bits per heavy atom. The van der Waals surface area contributed by atoms with Gasteiger partial charge in [-0.2, -0.15) is 0 Å². The van der Waals surface area contributed by atoms with Crippen LogP contribution in [0.5, 0.6) is 0 Å². The molecule has 1 fully saturated rings. The highest BCUT2D eigenvalue weighted by atomic mass is 32.1. The molecule has 0 unspecified atom stereocenters. The van der Waals surface area contributed by atoms with Crippen LogP contribution in [-0.4, -0.2) is 10.2 Å². The van der Waals surface area contributed by atoms with Gasteiger partial charge in [-0.15, -0.1) is 21.5 Å². The molecule has 1 aromatic heterocycles. The van der Waals surface area contributed by atoms with Gasteiger partial charge in [0.25, 0.3) is 0 Å². The maximum absolute atomic E-state index is 13.0. The normalized spacial score (nSPS) is 21.9. The van der Waals surface area contributed by atoms with Gasteiger partial charge in [0.15, 0.2) is 10.7 Å². The van der Waals surface area contributed by atoms with Gasteiger partial charge in [0.2, 0.25) is 0 Å². The van der Waals surface area contributed by atoms with Crippen LogP contribution in [0.25, 0.3) is 0 Å². The van der Waals surface area contributed by atoms with Gasteiger partial charge in [0.1, 0.15) is 5.51 Å². The van der Waals surface area contributed by atoms with Gasteiger partial charge < -0.3 is 0 Å². The molecule has 0 atom stereocenters. The van der Waals surface area contributed by atoms with E-state index in [1.54, 1.807) is 5.51 Å². The van der Waals surface area contributed by atoms with E-state index in [1.165, 1.54) is 11.3 Å². The summed E-state index contributed by atoms with van der Waals surface area (Å²) >= 11 is 1.30. The lowest BCUT2D eigenvalue weighted by Gasteiger charge is -1.93. The first-order valence-electron chi connectivity index (χ1n) is 2.77. The van der Waals surface area contributed by atoms with Crippen molar-refractivity contribution in [1.82, 2.24) is 10.2 Å². The van der Waals surface area contributed by atoms with E-state index in [0.717, 1.165) is 0 Å². The van der Waals surface area contributed by atoms with Gasteiger partial charge in [-0.3, -0.25) is 0 Å². The number of hydrogen-bond donors (Lipinski definition) is 0. The third-order valence-corrected chi connectivity index (χ3v) is 2.30. The van der Waals surface area contributed by atoms with E-state index in [9.17, 15) is 4.39 Å². The van der Waals surface area contributed by atoms with Gasteiger partial charge in [-0.05, 0) is 12.8 Å². The van der Waals surface area contributed by atoms with Gasteiger partial charge in [-0.1, -0.05) is 0 Å². The lowest BCUT2D eigenvalue weighted by molar-refractivity contribution is 0.314. The van der Waals surface area contributed by atoms with E-state index < -0.39 is 5.67 Å². The Hall–Kier alpha value is -0.510. The minimum Gasteiger partial charge on any atom is -0.236 e. The van der Waals surface area contributed by atoms with Crippen molar-refractivity contribution in [1.29, 1.82) is 0 Å². The Bertz CT molecular complexity index is 205. The predicted octanol–water partition coefficient (Wildman–Crippen LogP) is 1.50. The zero-order valence-electron chi connectivity index (χ0n) is 4.67. The largest absolute Gasteiger partial charge is 0.236 e. The summed E-state index contributed by atoms with van der Waals surface area (Å²) in [5.74, 6) is 0. The maximum Gasteiger partial charge on any atom is 0.164 e. The van der Waals surface area contributed by atoms with Crippen molar-refractivity contribution < 1.29 is 4.39 Å². The zero-order valence-corrected chi connectivity index (χ0v) is 5.49. The average molecular weight is 144 g/mol. The van der Waals surface area contributed by atoms with Crippen molar-refractivity contribution in [2.75, 3.05) is 0 Å². The molecular weight excluding hydrogens is 139 g/mol. The first kappa shape index (κ1) is 5.29. The molecule has 9 heavy (non-hydrogen) atoms. The second kappa shape index (κ2) is 1.50. The fourth-order valence-electron chi connectivity index (χ4n) is 0.692. The van der Waals surface area contributed by atoms with Crippen LogP contribution in [0.15, 0.2) is 5.51 Å². The first-order chi connectivity index (χ1) is 4.31. The van der Waals surface area contributed by atoms with E-state index >= 15 is 0 Å². The summed E-state index contributed by atoms with van der Waals surface area (Å²) in [5, 5.41) is 7.74. The highest BCUT2D eigenvalue weighted by Gasteiger charge is 2.47. The molecule has 0 amide bonds. The summed E-state index contributed by atoms with van der Waals surface area (Å²) < 4.78 is 13.0. The third kappa shape index (κ3) is 0.738. The van der Waals surface area contributed by atoms with Crippen molar-refractivity contribution in [2.45, 2.75) is 18.5 Å². The molecule has 0 aliphatic heterocycles. The molecule has 1 aliphatic carbocycles. The van der Waals surface area contributed by atoms with Crippen molar-refractivity contribution >= 4 is 11.3 Å². The number of hydrogen-bond acceptors (Lipinski definition) is 3. The van der Waals surface area contributed by atoms with Gasteiger partial charge in [-0.25, -0.2) is 4.39 Å². The van der Waals surface area contributed by atoms with E-state index in [0.29, 0.717) is 17.8 Å². The van der Waals surface area contributed by atoms with Crippen LogP contribution in [0, 0.1) is 0 Å². The third-order valence-electron chi connectivity index (χ3n) is 1.43. The summed E-state index contributed by atoms with van der Waals surface area (Å²) in [6.45, 7) is 0. The number of halogens is 1. The molecule has 0 radical (unpaired) electrons. The van der Waals surface area contributed by atoms with Crippen molar-refractivity contribution in [2.24, 2.45) is 0 Å². The molecule has 1 aliphatic rings. The minimum atomic E-state index is -1.08. The van der Waals surface area contributed by atoms with Crippen LogP contribution >= 0.6 is 11.3 Å². The molecule has 1 aromatic rings. The molecular formula is C5H5FN2S. The first-order valence-corrected chi connectivity index (χ1v) is 3.65. The second-order valence-corrected chi connectivity index (χ2v) is 3.04. The van der Waals surface area contributed by atoms with Crippen molar-refractivity contribution in [3.05, 3.63) is 10.5 Å². The number of alkyl halides is 1. The van der Waals surface area contributed by atoms with E-state index in [1.807, 2.05) is 0 Å². The number of nitrogens with zero attached hydrogens (tertiary/aromatic N) is 2. The lowest BCUT2D eigenvalue weighted by atomic mass is 10.4. The van der Waals surface area contributed by atoms with Crippen LogP contribution in [0.2, 0.25) is 0 Å². The SMILES string of the molecule is FC1(c2nncs2)CC1. The van der Waals surface area contributed by atoms with Crippen LogP contribution in [0.3, 0.4) is 0 Å². The van der Waals surface area contributed by atoms with Crippen molar-refractivity contribution in [3.8, 4) is 0 Å². The van der Waals surface area contributed by atoms with Crippen LogP contribution in [-0.2, 0) is 5.67 Å². The monoisotopic (exact) mass is 144 g/mol. The van der Waals surface area contributed by atoms with Gasteiger partial charge in [0.05, 0.1) is 0 Å². The molecule has 0 saturated heterocycles. The van der Waals surface area contributed by atoms with Gasteiger partial charge in [0, 0.05) is 0 Å².